The van der Waals surface area contributed by atoms with Crippen molar-refractivity contribution in [1.82, 2.24) is 14.6 Å². The van der Waals surface area contributed by atoms with Gasteiger partial charge in [-0.25, -0.2) is 9.50 Å². The molecular formula is C21H28N4O3. The fourth-order valence-electron chi connectivity index (χ4n) is 3.16. The molecular weight excluding hydrogens is 356 g/mol. The topological polar surface area (TPSA) is 99.5 Å². The monoisotopic (exact) mass is 384 g/mol. The molecule has 2 heterocycles. The van der Waals surface area contributed by atoms with Crippen LogP contribution < -0.4 is 10.9 Å². The zero-order chi connectivity index (χ0) is 20.9. The summed E-state index contributed by atoms with van der Waals surface area (Å²) in [5.41, 5.74) is 1.46. The zero-order valence-electron chi connectivity index (χ0n) is 17.0. The summed E-state index contributed by atoms with van der Waals surface area (Å²) in [6, 6.07) is 5.12. The van der Waals surface area contributed by atoms with E-state index in [9.17, 15) is 14.7 Å². The van der Waals surface area contributed by atoms with Crippen molar-refractivity contribution in [2.75, 3.05) is 5.32 Å². The smallest absolute Gasteiger partial charge is 0.285 e. The molecule has 7 heteroatoms. The first-order valence-corrected chi connectivity index (χ1v) is 9.14. The highest BCUT2D eigenvalue weighted by atomic mass is 16.3. The van der Waals surface area contributed by atoms with Crippen LogP contribution in [0, 0.1) is 0 Å². The molecule has 3 rings (SSSR count). The van der Waals surface area contributed by atoms with Crippen LogP contribution in [0.15, 0.2) is 35.4 Å². The fraction of sp³-hybridized carbons (Fsp3) is 0.381. The maximum absolute atomic E-state index is 12.8. The molecule has 0 radical (unpaired) electrons. The summed E-state index contributed by atoms with van der Waals surface area (Å²) in [6.07, 6.45) is 2.84. The Morgan fingerprint density at radius 1 is 1.14 bits per heavy atom. The number of hydrogen-bond donors (Lipinski definition) is 3. The van der Waals surface area contributed by atoms with E-state index >= 15 is 0 Å². The van der Waals surface area contributed by atoms with E-state index < -0.39 is 11.5 Å². The second kappa shape index (κ2) is 6.51. The molecule has 3 aromatic rings. The first-order chi connectivity index (χ1) is 12.9. The van der Waals surface area contributed by atoms with Crippen molar-refractivity contribution in [3.63, 3.8) is 0 Å². The van der Waals surface area contributed by atoms with Gasteiger partial charge in [0.2, 0.25) is 0 Å². The lowest BCUT2D eigenvalue weighted by Gasteiger charge is -2.28. The molecule has 0 aliphatic rings. The van der Waals surface area contributed by atoms with Crippen LogP contribution in [0.5, 0.6) is 5.75 Å². The summed E-state index contributed by atoms with van der Waals surface area (Å²) in [5.74, 6) is -0.472. The van der Waals surface area contributed by atoms with Crippen molar-refractivity contribution < 1.29 is 11.3 Å². The van der Waals surface area contributed by atoms with Gasteiger partial charge in [0.25, 0.3) is 11.5 Å². The van der Waals surface area contributed by atoms with Crippen LogP contribution in [-0.4, -0.2) is 25.6 Å². The van der Waals surface area contributed by atoms with Crippen LogP contribution in [0.2, 0.25) is 0 Å². The Hall–Kier alpha value is -3.09. The highest BCUT2D eigenvalue weighted by Gasteiger charge is 2.26. The number of carbonyl (C=O) groups is 1. The number of aromatic nitrogens is 3. The highest BCUT2D eigenvalue weighted by molar-refractivity contribution is 6.04. The van der Waals surface area contributed by atoms with Crippen LogP contribution in [-0.2, 0) is 10.8 Å². The summed E-state index contributed by atoms with van der Waals surface area (Å²) in [5, 5.41) is 16.1. The molecule has 0 saturated heterocycles. The molecule has 0 saturated carbocycles. The Kier molecular flexibility index (Phi) is 4.57. The SMILES string of the molecule is CC(C)(C)c1cc(C(C)(C)C)c(NC(=O)c2cnc3cc[nH]n3c2=O)cc1O.[HH]. The minimum atomic E-state index is -0.574. The normalized spacial score (nSPS) is 12.4. The molecule has 0 aliphatic heterocycles. The number of phenolic OH excluding ortho intramolecular Hbond substituents is 1. The average molecular weight is 384 g/mol. The number of rotatable bonds is 2. The van der Waals surface area contributed by atoms with Crippen LogP contribution in [0.25, 0.3) is 5.65 Å². The molecule has 0 aliphatic carbocycles. The van der Waals surface area contributed by atoms with Crippen molar-refractivity contribution in [2.45, 2.75) is 52.4 Å². The molecule has 0 atom stereocenters. The van der Waals surface area contributed by atoms with Gasteiger partial charge < -0.3 is 10.4 Å². The number of aromatic amines is 1. The van der Waals surface area contributed by atoms with Crippen molar-refractivity contribution >= 4 is 17.2 Å². The van der Waals surface area contributed by atoms with Gasteiger partial charge in [0.1, 0.15) is 11.3 Å². The number of aromatic hydroxyl groups is 1. The molecule has 150 valence electrons. The average Bonchev–Trinajstić information content (AvgIpc) is 3.02. The Bertz CT molecular complexity index is 1120. The molecule has 28 heavy (non-hydrogen) atoms. The molecule has 0 fully saturated rings. The molecule has 7 nitrogen and oxygen atoms in total. The van der Waals surface area contributed by atoms with E-state index in [1.54, 1.807) is 18.3 Å². The van der Waals surface area contributed by atoms with Crippen LogP contribution in [0.3, 0.4) is 0 Å². The number of hydrogen-bond acceptors (Lipinski definition) is 4. The van der Waals surface area contributed by atoms with E-state index in [1.807, 2.05) is 47.6 Å². The third-order valence-corrected chi connectivity index (χ3v) is 4.67. The Balaban J connectivity index is 0.00000300. The lowest BCUT2D eigenvalue weighted by atomic mass is 9.79. The predicted molar refractivity (Wildman–Crippen MR) is 111 cm³/mol. The number of fused-ring (bicyclic) bond motifs is 1. The maximum Gasteiger partial charge on any atom is 0.285 e. The van der Waals surface area contributed by atoms with Gasteiger partial charge in [-0.15, -0.1) is 0 Å². The Morgan fingerprint density at radius 3 is 2.39 bits per heavy atom. The van der Waals surface area contributed by atoms with Gasteiger partial charge in [0, 0.05) is 31.6 Å². The lowest BCUT2D eigenvalue weighted by Crippen LogP contribution is -2.28. The summed E-state index contributed by atoms with van der Waals surface area (Å²) < 4.78 is 1.21. The number of phenols is 1. The van der Waals surface area contributed by atoms with Crippen molar-refractivity contribution in [3.8, 4) is 5.75 Å². The van der Waals surface area contributed by atoms with Crippen LogP contribution >= 0.6 is 0 Å². The van der Waals surface area contributed by atoms with Gasteiger partial charge >= 0.3 is 0 Å². The van der Waals surface area contributed by atoms with Crippen LogP contribution in [0.4, 0.5) is 5.69 Å². The Morgan fingerprint density at radius 2 is 1.79 bits per heavy atom. The fourth-order valence-corrected chi connectivity index (χ4v) is 3.16. The largest absolute Gasteiger partial charge is 0.508 e. The maximum atomic E-state index is 12.8. The van der Waals surface area contributed by atoms with E-state index in [1.165, 1.54) is 10.7 Å². The quantitative estimate of drug-likeness (QED) is 0.625. The van der Waals surface area contributed by atoms with E-state index in [4.69, 9.17) is 0 Å². The van der Waals surface area contributed by atoms with Gasteiger partial charge in [-0.05, 0) is 28.0 Å². The van der Waals surface area contributed by atoms with Gasteiger partial charge in [0.05, 0.1) is 0 Å². The van der Waals surface area contributed by atoms with Crippen molar-refractivity contribution in [1.29, 1.82) is 0 Å². The standard InChI is InChI=1S/C21H26N4O3.H2/c1-20(2,3)13-9-14(21(4,5)6)16(26)10-15(13)24-18(27)12-11-22-17-7-8-23-25(17)19(12)28;/h7-11,23,26H,1-6H3,(H,24,27);1H. The molecule has 3 N–H and O–H groups in total. The van der Waals surface area contributed by atoms with E-state index in [-0.39, 0.29) is 23.6 Å². The number of anilines is 1. The minimum absolute atomic E-state index is 0. The summed E-state index contributed by atoms with van der Waals surface area (Å²) >= 11 is 0. The molecule has 0 bridgehead atoms. The zero-order valence-corrected chi connectivity index (χ0v) is 17.0. The summed E-state index contributed by atoms with van der Waals surface area (Å²) in [4.78, 5) is 29.5. The molecule has 2 aromatic heterocycles. The molecule has 0 spiro atoms. The summed E-state index contributed by atoms with van der Waals surface area (Å²) in [6.45, 7) is 12.1. The highest BCUT2D eigenvalue weighted by Crippen LogP contribution is 2.39. The molecule has 1 amide bonds. The van der Waals surface area contributed by atoms with E-state index in [0.717, 1.165) is 11.1 Å². The number of nitrogens with zero attached hydrogens (tertiary/aromatic N) is 2. The number of amides is 1. The minimum Gasteiger partial charge on any atom is -0.508 e. The van der Waals surface area contributed by atoms with Crippen molar-refractivity contribution in [3.05, 3.63) is 57.6 Å². The van der Waals surface area contributed by atoms with E-state index in [0.29, 0.717) is 11.3 Å². The van der Waals surface area contributed by atoms with Gasteiger partial charge in [-0.1, -0.05) is 41.5 Å². The van der Waals surface area contributed by atoms with Gasteiger partial charge in [-0.3, -0.25) is 14.7 Å². The van der Waals surface area contributed by atoms with Crippen molar-refractivity contribution in [2.24, 2.45) is 0 Å². The first kappa shape index (κ1) is 19.7. The summed E-state index contributed by atoms with van der Waals surface area (Å²) in [7, 11) is 0. The predicted octanol–water partition coefficient (Wildman–Crippen LogP) is 3.82. The third kappa shape index (κ3) is 3.52. The lowest BCUT2D eigenvalue weighted by molar-refractivity contribution is 0.102. The Labute approximate surface area is 164 Å². The molecule has 0 unspecified atom stereocenters. The first-order valence-electron chi connectivity index (χ1n) is 9.14. The third-order valence-electron chi connectivity index (χ3n) is 4.67. The van der Waals surface area contributed by atoms with Gasteiger partial charge in [-0.2, -0.15) is 0 Å². The number of benzene rings is 1. The van der Waals surface area contributed by atoms with Crippen LogP contribution in [0.1, 0.15) is 64.5 Å². The van der Waals surface area contributed by atoms with E-state index in [2.05, 4.69) is 15.4 Å². The second-order valence-corrected chi connectivity index (χ2v) is 9.00. The second-order valence-electron chi connectivity index (χ2n) is 9.00. The number of nitrogens with one attached hydrogen (secondary N) is 2. The number of H-pyrrole nitrogens is 1. The number of carbonyl (C=O) groups excluding carboxylic acids is 1. The molecule has 1 aromatic carbocycles. The van der Waals surface area contributed by atoms with Gasteiger partial charge in [0.15, 0.2) is 5.65 Å².